The Balaban J connectivity index is 2.64. The average molecular weight is 286 g/mol. The number of amides is 1. The summed E-state index contributed by atoms with van der Waals surface area (Å²) in [5.41, 5.74) is 0.656. The normalized spacial score (nSPS) is 12.2. The summed E-state index contributed by atoms with van der Waals surface area (Å²) >= 11 is 3.34. The van der Waals surface area contributed by atoms with Gasteiger partial charge in [-0.1, -0.05) is 28.9 Å². The van der Waals surface area contributed by atoms with Crippen LogP contribution in [-0.4, -0.2) is 25.7 Å². The van der Waals surface area contributed by atoms with Gasteiger partial charge in [0.25, 0.3) is 5.91 Å². The van der Waals surface area contributed by atoms with E-state index in [-0.39, 0.29) is 11.9 Å². The lowest BCUT2D eigenvalue weighted by molar-refractivity contribution is 0.0894. The van der Waals surface area contributed by atoms with E-state index >= 15 is 0 Å². The van der Waals surface area contributed by atoms with E-state index in [1.54, 1.807) is 19.2 Å². The standard InChI is InChI=1S/C12H16BrNO2/c1-3-11(8-16-2)14-12(15)9-5-4-6-10(13)7-9/h4-7,11H,3,8H2,1-2H3,(H,14,15)/t11-/m0/s1. The van der Waals surface area contributed by atoms with E-state index in [1.165, 1.54) is 0 Å². The summed E-state index contributed by atoms with van der Waals surface area (Å²) in [5, 5.41) is 2.93. The van der Waals surface area contributed by atoms with Gasteiger partial charge in [-0.05, 0) is 24.6 Å². The summed E-state index contributed by atoms with van der Waals surface area (Å²) in [7, 11) is 1.63. The van der Waals surface area contributed by atoms with Gasteiger partial charge in [0.05, 0.1) is 12.6 Å². The highest BCUT2D eigenvalue weighted by atomic mass is 79.9. The molecule has 1 atom stereocenters. The van der Waals surface area contributed by atoms with E-state index < -0.39 is 0 Å². The van der Waals surface area contributed by atoms with E-state index in [2.05, 4.69) is 21.2 Å². The maximum atomic E-state index is 11.9. The molecule has 1 amide bonds. The first kappa shape index (κ1) is 13.2. The van der Waals surface area contributed by atoms with Crippen LogP contribution < -0.4 is 5.32 Å². The van der Waals surface area contributed by atoms with Crippen molar-refractivity contribution in [3.63, 3.8) is 0 Å². The molecule has 0 saturated carbocycles. The van der Waals surface area contributed by atoms with Crippen LogP contribution >= 0.6 is 15.9 Å². The maximum absolute atomic E-state index is 11.9. The minimum absolute atomic E-state index is 0.0646. The lowest BCUT2D eigenvalue weighted by atomic mass is 10.2. The Morgan fingerprint density at radius 1 is 1.56 bits per heavy atom. The zero-order valence-electron chi connectivity index (χ0n) is 9.50. The molecular weight excluding hydrogens is 270 g/mol. The molecule has 0 saturated heterocycles. The van der Waals surface area contributed by atoms with Gasteiger partial charge in [0.2, 0.25) is 0 Å². The Labute approximate surface area is 104 Å². The molecule has 0 radical (unpaired) electrons. The summed E-state index contributed by atoms with van der Waals surface area (Å²) in [5.74, 6) is -0.0646. The molecule has 0 aromatic heterocycles. The monoisotopic (exact) mass is 285 g/mol. The van der Waals surface area contributed by atoms with Gasteiger partial charge in [0.15, 0.2) is 0 Å². The van der Waals surface area contributed by atoms with Gasteiger partial charge in [0.1, 0.15) is 0 Å². The second-order valence-electron chi connectivity index (χ2n) is 3.54. The SMILES string of the molecule is CC[C@@H](COC)NC(=O)c1cccc(Br)c1. The first-order chi connectivity index (χ1) is 7.67. The second-order valence-corrected chi connectivity index (χ2v) is 4.46. The predicted octanol–water partition coefficient (Wildman–Crippen LogP) is 2.60. The molecule has 1 rings (SSSR count). The third kappa shape index (κ3) is 3.94. The highest BCUT2D eigenvalue weighted by Crippen LogP contribution is 2.11. The molecule has 0 bridgehead atoms. The van der Waals surface area contributed by atoms with Crippen LogP contribution in [0.2, 0.25) is 0 Å². The topological polar surface area (TPSA) is 38.3 Å². The number of nitrogens with one attached hydrogen (secondary N) is 1. The van der Waals surface area contributed by atoms with Gasteiger partial charge in [-0.3, -0.25) is 4.79 Å². The molecule has 0 fully saturated rings. The van der Waals surface area contributed by atoms with Gasteiger partial charge in [-0.25, -0.2) is 0 Å². The zero-order chi connectivity index (χ0) is 12.0. The summed E-state index contributed by atoms with van der Waals surface area (Å²) in [6, 6.07) is 7.39. The van der Waals surface area contributed by atoms with E-state index in [4.69, 9.17) is 4.74 Å². The fourth-order valence-electron chi connectivity index (χ4n) is 1.36. The van der Waals surface area contributed by atoms with E-state index in [1.807, 2.05) is 19.1 Å². The molecule has 0 heterocycles. The Morgan fingerprint density at radius 3 is 2.88 bits per heavy atom. The highest BCUT2D eigenvalue weighted by molar-refractivity contribution is 9.10. The third-order valence-electron chi connectivity index (χ3n) is 2.28. The molecule has 16 heavy (non-hydrogen) atoms. The lowest BCUT2D eigenvalue weighted by Gasteiger charge is -2.15. The quantitative estimate of drug-likeness (QED) is 0.903. The number of benzene rings is 1. The third-order valence-corrected chi connectivity index (χ3v) is 2.78. The van der Waals surface area contributed by atoms with Gasteiger partial charge in [-0.15, -0.1) is 0 Å². The van der Waals surface area contributed by atoms with E-state index in [0.717, 1.165) is 10.9 Å². The highest BCUT2D eigenvalue weighted by Gasteiger charge is 2.11. The van der Waals surface area contributed by atoms with Gasteiger partial charge < -0.3 is 10.1 Å². The Hall–Kier alpha value is -0.870. The number of hydrogen-bond acceptors (Lipinski definition) is 2. The van der Waals surface area contributed by atoms with Crippen molar-refractivity contribution in [2.24, 2.45) is 0 Å². The largest absolute Gasteiger partial charge is 0.383 e. The predicted molar refractivity (Wildman–Crippen MR) is 67.6 cm³/mol. The van der Waals surface area contributed by atoms with Crippen LogP contribution in [0, 0.1) is 0 Å². The van der Waals surface area contributed by atoms with Crippen LogP contribution in [0.5, 0.6) is 0 Å². The van der Waals surface area contributed by atoms with Gasteiger partial charge in [-0.2, -0.15) is 0 Å². The molecule has 88 valence electrons. The van der Waals surface area contributed by atoms with Crippen molar-refractivity contribution >= 4 is 21.8 Å². The number of methoxy groups -OCH3 is 1. The fraction of sp³-hybridized carbons (Fsp3) is 0.417. The fourth-order valence-corrected chi connectivity index (χ4v) is 1.76. The Bertz CT molecular complexity index is 355. The molecule has 3 nitrogen and oxygen atoms in total. The molecule has 0 aliphatic heterocycles. The number of ether oxygens (including phenoxy) is 1. The average Bonchev–Trinajstić information content (AvgIpc) is 2.28. The van der Waals surface area contributed by atoms with Crippen LogP contribution in [0.15, 0.2) is 28.7 Å². The van der Waals surface area contributed by atoms with Crippen molar-refractivity contribution in [2.45, 2.75) is 19.4 Å². The van der Waals surface area contributed by atoms with Crippen LogP contribution in [-0.2, 0) is 4.74 Å². The molecule has 0 aliphatic rings. The Morgan fingerprint density at radius 2 is 2.31 bits per heavy atom. The first-order valence-electron chi connectivity index (χ1n) is 5.22. The number of carbonyl (C=O) groups excluding carboxylic acids is 1. The van der Waals surface area contributed by atoms with Crippen LogP contribution in [0.4, 0.5) is 0 Å². The van der Waals surface area contributed by atoms with Crippen molar-refractivity contribution < 1.29 is 9.53 Å². The van der Waals surface area contributed by atoms with Crippen molar-refractivity contribution in [1.29, 1.82) is 0 Å². The lowest BCUT2D eigenvalue weighted by Crippen LogP contribution is -2.37. The summed E-state index contributed by atoms with van der Waals surface area (Å²) in [6.45, 7) is 2.56. The smallest absolute Gasteiger partial charge is 0.251 e. The molecular formula is C12H16BrNO2. The minimum atomic E-state index is -0.0646. The molecule has 1 N–H and O–H groups in total. The molecule has 0 unspecified atom stereocenters. The molecule has 4 heteroatoms. The van der Waals surface area contributed by atoms with Crippen LogP contribution in [0.3, 0.4) is 0 Å². The zero-order valence-corrected chi connectivity index (χ0v) is 11.1. The van der Waals surface area contributed by atoms with Crippen molar-refractivity contribution in [3.05, 3.63) is 34.3 Å². The van der Waals surface area contributed by atoms with Crippen LogP contribution in [0.25, 0.3) is 0 Å². The van der Waals surface area contributed by atoms with E-state index in [0.29, 0.717) is 12.2 Å². The van der Waals surface area contributed by atoms with Crippen molar-refractivity contribution in [2.75, 3.05) is 13.7 Å². The molecule has 0 spiro atoms. The first-order valence-corrected chi connectivity index (χ1v) is 6.02. The van der Waals surface area contributed by atoms with Gasteiger partial charge in [0, 0.05) is 17.1 Å². The summed E-state index contributed by atoms with van der Waals surface area (Å²) in [6.07, 6.45) is 0.855. The number of halogens is 1. The molecule has 1 aromatic carbocycles. The number of rotatable bonds is 5. The maximum Gasteiger partial charge on any atom is 0.251 e. The van der Waals surface area contributed by atoms with Crippen LogP contribution in [0.1, 0.15) is 23.7 Å². The van der Waals surface area contributed by atoms with Crippen molar-refractivity contribution in [1.82, 2.24) is 5.32 Å². The number of hydrogen-bond donors (Lipinski definition) is 1. The minimum Gasteiger partial charge on any atom is -0.383 e. The summed E-state index contributed by atoms with van der Waals surface area (Å²) < 4.78 is 5.93. The van der Waals surface area contributed by atoms with E-state index in [9.17, 15) is 4.79 Å². The Kier molecular flexibility index (Phi) is 5.49. The molecule has 1 aromatic rings. The second kappa shape index (κ2) is 6.66. The number of carbonyl (C=O) groups is 1. The van der Waals surface area contributed by atoms with Crippen molar-refractivity contribution in [3.8, 4) is 0 Å². The molecule has 0 aliphatic carbocycles. The summed E-state index contributed by atoms with van der Waals surface area (Å²) in [4.78, 5) is 11.9. The van der Waals surface area contributed by atoms with Gasteiger partial charge >= 0.3 is 0 Å².